The molecule has 1 fully saturated rings. The van der Waals surface area contributed by atoms with E-state index in [4.69, 9.17) is 0 Å². The first-order chi connectivity index (χ1) is 8.11. The number of nitrogens with zero attached hydrogens (tertiary/aromatic N) is 1. The molecule has 1 aliphatic rings. The van der Waals surface area contributed by atoms with Gasteiger partial charge in [0.2, 0.25) is 0 Å². The first kappa shape index (κ1) is 12.6. The number of hydrogen-bond acceptors (Lipinski definition) is 3. The number of nitrogens with one attached hydrogen (secondary N) is 1. The van der Waals surface area contributed by atoms with Crippen molar-refractivity contribution in [1.29, 1.82) is 0 Å². The number of carbonyl (C=O) groups excluding carboxylic acids is 1. The van der Waals surface area contributed by atoms with Crippen LogP contribution in [0.1, 0.15) is 35.3 Å². The van der Waals surface area contributed by atoms with E-state index in [1.807, 2.05) is 11.0 Å². The minimum absolute atomic E-state index is 0.190. The number of amides is 1. The topological polar surface area (TPSA) is 32.3 Å². The molecule has 0 spiro atoms. The Kier molecular flexibility index (Phi) is 3.84. The molecular formula is C13H20N2OS. The maximum Gasteiger partial charge on any atom is 0.264 e. The summed E-state index contributed by atoms with van der Waals surface area (Å²) in [4.78, 5) is 16.5. The minimum Gasteiger partial charge on any atom is -0.332 e. The second kappa shape index (κ2) is 5.19. The summed E-state index contributed by atoms with van der Waals surface area (Å²) in [6, 6.07) is 4.70. The van der Waals surface area contributed by atoms with E-state index in [1.165, 1.54) is 4.88 Å². The molecule has 2 heterocycles. The van der Waals surface area contributed by atoms with Crippen LogP contribution in [0.15, 0.2) is 12.1 Å². The molecule has 4 heteroatoms. The van der Waals surface area contributed by atoms with Crippen LogP contribution in [0.4, 0.5) is 0 Å². The van der Waals surface area contributed by atoms with Gasteiger partial charge in [0.15, 0.2) is 0 Å². The zero-order valence-corrected chi connectivity index (χ0v) is 11.5. The van der Waals surface area contributed by atoms with Crippen LogP contribution in [0.2, 0.25) is 0 Å². The summed E-state index contributed by atoms with van der Waals surface area (Å²) in [5, 5.41) is 3.39. The van der Waals surface area contributed by atoms with E-state index in [2.05, 4.69) is 32.2 Å². The quantitative estimate of drug-likeness (QED) is 0.874. The molecule has 2 atom stereocenters. The Morgan fingerprint density at radius 3 is 2.94 bits per heavy atom. The van der Waals surface area contributed by atoms with Gasteiger partial charge < -0.3 is 10.2 Å². The van der Waals surface area contributed by atoms with Crippen molar-refractivity contribution in [2.75, 3.05) is 13.1 Å². The fraction of sp³-hybridized carbons (Fsp3) is 0.615. The normalized spacial score (nSPS) is 25.0. The van der Waals surface area contributed by atoms with E-state index >= 15 is 0 Å². The molecule has 2 rings (SSSR count). The van der Waals surface area contributed by atoms with Crippen molar-refractivity contribution in [2.24, 2.45) is 0 Å². The summed E-state index contributed by atoms with van der Waals surface area (Å²) in [5.74, 6) is 0.190. The molecule has 1 aromatic heterocycles. The van der Waals surface area contributed by atoms with Crippen LogP contribution >= 0.6 is 11.3 Å². The van der Waals surface area contributed by atoms with E-state index in [0.29, 0.717) is 6.04 Å². The van der Waals surface area contributed by atoms with Crippen LogP contribution in [0, 0.1) is 0 Å². The SMILES string of the molecule is CCc1ccc(C(=O)N2CC(C)NCC2C)s1. The van der Waals surface area contributed by atoms with Crippen LogP contribution in [0.3, 0.4) is 0 Å². The molecule has 0 aromatic carbocycles. The average Bonchev–Trinajstić information content (AvgIpc) is 2.80. The smallest absolute Gasteiger partial charge is 0.264 e. The Hall–Kier alpha value is -0.870. The molecule has 1 saturated heterocycles. The van der Waals surface area contributed by atoms with Crippen LogP contribution in [0.5, 0.6) is 0 Å². The van der Waals surface area contributed by atoms with E-state index in [0.717, 1.165) is 24.4 Å². The third-order valence-corrected chi connectivity index (χ3v) is 4.46. The molecule has 0 bridgehead atoms. The van der Waals surface area contributed by atoms with Crippen molar-refractivity contribution in [1.82, 2.24) is 10.2 Å². The zero-order chi connectivity index (χ0) is 12.4. The molecule has 3 nitrogen and oxygen atoms in total. The molecule has 2 unspecified atom stereocenters. The third kappa shape index (κ3) is 2.69. The van der Waals surface area contributed by atoms with Crippen molar-refractivity contribution in [3.63, 3.8) is 0 Å². The average molecular weight is 252 g/mol. The van der Waals surface area contributed by atoms with E-state index in [9.17, 15) is 4.79 Å². The van der Waals surface area contributed by atoms with Gasteiger partial charge in [0.05, 0.1) is 4.88 Å². The van der Waals surface area contributed by atoms with Crippen molar-refractivity contribution in [3.05, 3.63) is 21.9 Å². The van der Waals surface area contributed by atoms with Gasteiger partial charge in [-0.15, -0.1) is 11.3 Å². The number of carbonyl (C=O) groups is 1. The lowest BCUT2D eigenvalue weighted by Crippen LogP contribution is -2.56. The highest BCUT2D eigenvalue weighted by Gasteiger charge is 2.27. The fourth-order valence-electron chi connectivity index (χ4n) is 2.13. The van der Waals surface area contributed by atoms with Gasteiger partial charge in [-0.25, -0.2) is 0 Å². The van der Waals surface area contributed by atoms with Crippen molar-refractivity contribution in [2.45, 2.75) is 39.3 Å². The molecule has 1 amide bonds. The van der Waals surface area contributed by atoms with E-state index < -0.39 is 0 Å². The molecule has 94 valence electrons. The lowest BCUT2D eigenvalue weighted by molar-refractivity contribution is 0.0621. The maximum atomic E-state index is 12.4. The van der Waals surface area contributed by atoms with Crippen molar-refractivity contribution >= 4 is 17.2 Å². The second-order valence-corrected chi connectivity index (χ2v) is 5.90. The van der Waals surface area contributed by atoms with Gasteiger partial charge in [-0.1, -0.05) is 6.92 Å². The molecule has 1 aliphatic heterocycles. The summed E-state index contributed by atoms with van der Waals surface area (Å²) >= 11 is 1.63. The van der Waals surface area contributed by atoms with Crippen LogP contribution in [-0.4, -0.2) is 36.0 Å². The lowest BCUT2D eigenvalue weighted by Gasteiger charge is -2.37. The summed E-state index contributed by atoms with van der Waals surface area (Å²) in [7, 11) is 0. The highest BCUT2D eigenvalue weighted by molar-refractivity contribution is 7.14. The monoisotopic (exact) mass is 252 g/mol. The summed E-state index contributed by atoms with van der Waals surface area (Å²) in [6.07, 6.45) is 1.01. The van der Waals surface area contributed by atoms with Crippen molar-refractivity contribution in [3.8, 4) is 0 Å². The predicted octanol–water partition coefficient (Wildman–Crippen LogP) is 2.13. The molecule has 1 N–H and O–H groups in total. The Morgan fingerprint density at radius 2 is 2.29 bits per heavy atom. The fourth-order valence-corrected chi connectivity index (χ4v) is 3.03. The van der Waals surface area contributed by atoms with Crippen LogP contribution < -0.4 is 5.32 Å². The predicted molar refractivity (Wildman–Crippen MR) is 71.7 cm³/mol. The van der Waals surface area contributed by atoms with Crippen LogP contribution in [-0.2, 0) is 6.42 Å². The van der Waals surface area contributed by atoms with Gasteiger partial charge in [-0.05, 0) is 32.4 Å². The Bertz CT molecular complexity index is 402. The lowest BCUT2D eigenvalue weighted by atomic mass is 10.1. The van der Waals surface area contributed by atoms with Gasteiger partial charge in [-0.2, -0.15) is 0 Å². The molecule has 0 saturated carbocycles. The Balaban J connectivity index is 2.12. The number of thiophene rings is 1. The van der Waals surface area contributed by atoms with Gasteiger partial charge in [0.1, 0.15) is 0 Å². The number of piperazine rings is 1. The molecule has 1 aromatic rings. The molecule has 0 aliphatic carbocycles. The largest absolute Gasteiger partial charge is 0.332 e. The number of rotatable bonds is 2. The van der Waals surface area contributed by atoms with Gasteiger partial charge in [-0.3, -0.25) is 4.79 Å². The zero-order valence-electron chi connectivity index (χ0n) is 10.7. The molecule has 17 heavy (non-hydrogen) atoms. The second-order valence-electron chi connectivity index (χ2n) is 4.74. The van der Waals surface area contributed by atoms with Gasteiger partial charge in [0.25, 0.3) is 5.91 Å². The van der Waals surface area contributed by atoms with Gasteiger partial charge in [0, 0.05) is 30.1 Å². The highest BCUT2D eigenvalue weighted by atomic mass is 32.1. The molecular weight excluding hydrogens is 232 g/mol. The molecule has 0 radical (unpaired) electrons. The summed E-state index contributed by atoms with van der Waals surface area (Å²) in [5.41, 5.74) is 0. The standard InChI is InChI=1S/C13H20N2OS/c1-4-11-5-6-12(17-11)13(16)15-8-9(2)14-7-10(15)3/h5-6,9-10,14H,4,7-8H2,1-3H3. The highest BCUT2D eigenvalue weighted by Crippen LogP contribution is 2.20. The summed E-state index contributed by atoms with van der Waals surface area (Å²) in [6.45, 7) is 8.04. The third-order valence-electron chi connectivity index (χ3n) is 3.25. The Labute approximate surface area is 107 Å². The summed E-state index contributed by atoms with van der Waals surface area (Å²) < 4.78 is 0. The van der Waals surface area contributed by atoms with Crippen molar-refractivity contribution < 1.29 is 4.79 Å². The maximum absolute atomic E-state index is 12.4. The van der Waals surface area contributed by atoms with Crippen LogP contribution in [0.25, 0.3) is 0 Å². The number of hydrogen-bond donors (Lipinski definition) is 1. The van der Waals surface area contributed by atoms with E-state index in [-0.39, 0.29) is 11.9 Å². The minimum atomic E-state index is 0.190. The Morgan fingerprint density at radius 1 is 1.53 bits per heavy atom. The van der Waals surface area contributed by atoms with E-state index in [1.54, 1.807) is 11.3 Å². The first-order valence-electron chi connectivity index (χ1n) is 6.25. The van der Waals surface area contributed by atoms with Gasteiger partial charge >= 0.3 is 0 Å². The first-order valence-corrected chi connectivity index (χ1v) is 7.06. The number of aryl methyl sites for hydroxylation is 1.